The number of hydrogen-bond donors (Lipinski definition) is 2. The quantitative estimate of drug-likeness (QED) is 0.898. The van der Waals surface area contributed by atoms with E-state index in [4.69, 9.17) is 22.1 Å². The number of amides is 1. The number of hydrogen-bond acceptors (Lipinski definition) is 3. The van der Waals surface area contributed by atoms with Crippen molar-refractivity contribution in [3.05, 3.63) is 28.8 Å². The average Bonchev–Trinajstić information content (AvgIpc) is 2.41. The predicted molar refractivity (Wildman–Crippen MR) is 85.5 cm³/mol. The number of halogens is 1. The molecule has 2 atom stereocenters. The van der Waals surface area contributed by atoms with E-state index in [0.29, 0.717) is 18.1 Å². The van der Waals surface area contributed by atoms with Crippen LogP contribution in [0.5, 0.6) is 0 Å². The Morgan fingerprint density at radius 1 is 1.52 bits per heavy atom. The Hall–Kier alpha value is -1.10. The van der Waals surface area contributed by atoms with Crippen molar-refractivity contribution < 1.29 is 9.53 Å². The lowest BCUT2D eigenvalue weighted by atomic mass is 9.54. The number of nitrogens with one attached hydrogen (secondary N) is 1. The van der Waals surface area contributed by atoms with Gasteiger partial charge in [0, 0.05) is 29.2 Å². The van der Waals surface area contributed by atoms with Crippen molar-refractivity contribution in [2.24, 2.45) is 11.1 Å². The van der Waals surface area contributed by atoms with Crippen LogP contribution < -0.4 is 11.1 Å². The minimum absolute atomic E-state index is 0.0181. The highest BCUT2D eigenvalue weighted by Gasteiger charge is 2.62. The first-order chi connectivity index (χ1) is 9.72. The molecule has 116 valence electrons. The summed E-state index contributed by atoms with van der Waals surface area (Å²) in [6.45, 7) is 8.43. The monoisotopic (exact) mass is 310 g/mol. The molecule has 21 heavy (non-hydrogen) atoms. The zero-order chi connectivity index (χ0) is 15.8. The summed E-state index contributed by atoms with van der Waals surface area (Å²) in [7, 11) is 0. The Labute approximate surface area is 131 Å². The van der Waals surface area contributed by atoms with Gasteiger partial charge in [0.15, 0.2) is 0 Å². The fourth-order valence-corrected chi connectivity index (χ4v) is 3.05. The number of carbonyl (C=O) groups excluding carboxylic acids is 1. The van der Waals surface area contributed by atoms with Crippen LogP contribution in [0.2, 0.25) is 5.02 Å². The summed E-state index contributed by atoms with van der Waals surface area (Å²) >= 11 is 5.93. The largest absolute Gasteiger partial charge is 0.378 e. The molecule has 2 rings (SSSR count). The maximum Gasteiger partial charge on any atom is 0.245 e. The van der Waals surface area contributed by atoms with Gasteiger partial charge in [0.25, 0.3) is 0 Å². The van der Waals surface area contributed by atoms with Crippen molar-refractivity contribution in [1.82, 2.24) is 0 Å². The van der Waals surface area contributed by atoms with Gasteiger partial charge in [0.1, 0.15) is 5.54 Å². The molecule has 0 spiro atoms. The van der Waals surface area contributed by atoms with Gasteiger partial charge in [-0.2, -0.15) is 0 Å². The van der Waals surface area contributed by atoms with E-state index in [2.05, 4.69) is 5.32 Å². The van der Waals surface area contributed by atoms with Crippen LogP contribution in [0, 0.1) is 12.3 Å². The Balaban J connectivity index is 2.14. The molecule has 0 radical (unpaired) electrons. The smallest absolute Gasteiger partial charge is 0.245 e. The third kappa shape index (κ3) is 2.68. The van der Waals surface area contributed by atoms with Crippen molar-refractivity contribution in [2.75, 3.05) is 11.9 Å². The molecule has 1 amide bonds. The fourth-order valence-electron chi connectivity index (χ4n) is 2.82. The van der Waals surface area contributed by atoms with E-state index >= 15 is 0 Å². The van der Waals surface area contributed by atoms with Crippen LogP contribution >= 0.6 is 11.6 Å². The van der Waals surface area contributed by atoms with Crippen LogP contribution in [0.1, 0.15) is 32.8 Å². The normalized spacial score (nSPS) is 27.0. The van der Waals surface area contributed by atoms with Gasteiger partial charge >= 0.3 is 0 Å². The number of carbonyl (C=O) groups is 1. The van der Waals surface area contributed by atoms with Crippen LogP contribution in [0.25, 0.3) is 0 Å². The number of nitrogens with two attached hydrogens (primary N) is 1. The lowest BCUT2D eigenvalue weighted by Crippen LogP contribution is -2.74. The highest BCUT2D eigenvalue weighted by Crippen LogP contribution is 2.50. The third-order valence-electron chi connectivity index (χ3n) is 4.67. The molecule has 4 nitrogen and oxygen atoms in total. The molecule has 5 heteroatoms. The Kier molecular flexibility index (Phi) is 4.34. The fraction of sp³-hybridized carbons (Fsp3) is 0.562. The molecule has 1 aliphatic carbocycles. The lowest BCUT2D eigenvalue weighted by molar-refractivity contribution is -0.166. The number of benzene rings is 1. The first-order valence-corrected chi connectivity index (χ1v) is 7.58. The summed E-state index contributed by atoms with van der Waals surface area (Å²) in [5.74, 6) is -0.172. The van der Waals surface area contributed by atoms with E-state index in [1.807, 2.05) is 33.8 Å². The molecule has 0 saturated heterocycles. The van der Waals surface area contributed by atoms with Gasteiger partial charge in [-0.05, 0) is 37.6 Å². The van der Waals surface area contributed by atoms with Gasteiger partial charge in [-0.3, -0.25) is 4.79 Å². The third-order valence-corrected chi connectivity index (χ3v) is 4.91. The van der Waals surface area contributed by atoms with Crippen molar-refractivity contribution in [2.45, 2.75) is 45.8 Å². The standard InChI is InChI=1S/C16H23ClN2O2/c1-5-21-13-9-16(18,15(13,3)4)14(20)19-12-7-6-11(17)8-10(12)2/h6-8,13H,5,9,18H2,1-4H3,(H,19,20). The molecular formula is C16H23ClN2O2. The van der Waals surface area contributed by atoms with Crippen LogP contribution in [0.15, 0.2) is 18.2 Å². The highest BCUT2D eigenvalue weighted by atomic mass is 35.5. The van der Waals surface area contributed by atoms with E-state index in [1.54, 1.807) is 12.1 Å². The highest BCUT2D eigenvalue weighted by molar-refractivity contribution is 6.30. The lowest BCUT2D eigenvalue weighted by Gasteiger charge is -2.57. The maximum atomic E-state index is 12.6. The van der Waals surface area contributed by atoms with E-state index in [9.17, 15) is 4.79 Å². The van der Waals surface area contributed by atoms with Crippen LogP contribution in [-0.2, 0) is 9.53 Å². The Morgan fingerprint density at radius 3 is 2.71 bits per heavy atom. The number of rotatable bonds is 4. The van der Waals surface area contributed by atoms with E-state index in [-0.39, 0.29) is 12.0 Å². The topological polar surface area (TPSA) is 64.3 Å². The summed E-state index contributed by atoms with van der Waals surface area (Å²) in [6.07, 6.45) is 0.552. The van der Waals surface area contributed by atoms with Gasteiger partial charge in [0.2, 0.25) is 5.91 Å². The Bertz CT molecular complexity index is 559. The molecule has 1 fully saturated rings. The maximum absolute atomic E-state index is 12.6. The SMILES string of the molecule is CCOC1CC(N)(C(=O)Nc2ccc(Cl)cc2C)C1(C)C. The molecule has 1 aromatic carbocycles. The number of anilines is 1. The van der Waals surface area contributed by atoms with Crippen molar-refractivity contribution in [3.8, 4) is 0 Å². The van der Waals surface area contributed by atoms with Crippen molar-refractivity contribution >= 4 is 23.2 Å². The van der Waals surface area contributed by atoms with Gasteiger partial charge in [-0.1, -0.05) is 25.4 Å². The van der Waals surface area contributed by atoms with Gasteiger partial charge in [-0.25, -0.2) is 0 Å². The molecular weight excluding hydrogens is 288 g/mol. The van der Waals surface area contributed by atoms with E-state index in [1.165, 1.54) is 0 Å². The van der Waals surface area contributed by atoms with Crippen molar-refractivity contribution in [1.29, 1.82) is 0 Å². The summed E-state index contributed by atoms with van der Waals surface area (Å²) < 4.78 is 5.65. The molecule has 3 N–H and O–H groups in total. The molecule has 0 aromatic heterocycles. The van der Waals surface area contributed by atoms with Crippen LogP contribution in [0.4, 0.5) is 5.69 Å². The average molecular weight is 311 g/mol. The minimum atomic E-state index is -0.918. The second kappa shape index (κ2) is 5.59. The first kappa shape index (κ1) is 16.3. The Morgan fingerprint density at radius 2 is 2.19 bits per heavy atom. The summed E-state index contributed by atoms with van der Waals surface area (Å²) in [5.41, 5.74) is 6.70. The van der Waals surface area contributed by atoms with E-state index in [0.717, 1.165) is 11.3 Å². The van der Waals surface area contributed by atoms with Gasteiger partial charge < -0.3 is 15.8 Å². The first-order valence-electron chi connectivity index (χ1n) is 7.20. The summed E-state index contributed by atoms with van der Waals surface area (Å²) in [6, 6.07) is 5.36. The summed E-state index contributed by atoms with van der Waals surface area (Å²) in [5, 5.41) is 3.57. The van der Waals surface area contributed by atoms with E-state index < -0.39 is 11.0 Å². The van der Waals surface area contributed by atoms with Crippen LogP contribution in [0.3, 0.4) is 0 Å². The summed E-state index contributed by atoms with van der Waals surface area (Å²) in [4.78, 5) is 12.6. The molecule has 1 aliphatic rings. The van der Waals surface area contributed by atoms with Gasteiger partial charge in [0.05, 0.1) is 6.10 Å². The zero-order valence-corrected chi connectivity index (χ0v) is 13.8. The second-order valence-corrected chi connectivity index (χ2v) is 6.69. The molecule has 0 bridgehead atoms. The van der Waals surface area contributed by atoms with Crippen molar-refractivity contribution in [3.63, 3.8) is 0 Å². The van der Waals surface area contributed by atoms with Gasteiger partial charge in [-0.15, -0.1) is 0 Å². The molecule has 1 saturated carbocycles. The van der Waals surface area contributed by atoms with Crippen LogP contribution in [-0.4, -0.2) is 24.2 Å². The molecule has 0 heterocycles. The molecule has 1 aromatic rings. The zero-order valence-electron chi connectivity index (χ0n) is 13.0. The number of ether oxygens (including phenoxy) is 1. The molecule has 0 aliphatic heterocycles. The second-order valence-electron chi connectivity index (χ2n) is 6.25. The minimum Gasteiger partial charge on any atom is -0.378 e. The number of aryl methyl sites for hydroxylation is 1. The predicted octanol–water partition coefficient (Wildman–Crippen LogP) is 3.12. The molecule has 2 unspecified atom stereocenters.